The third-order valence-electron chi connectivity index (χ3n) is 1.64. The number of anilines is 1. The Bertz CT molecular complexity index is 354. The van der Waals surface area contributed by atoms with Crippen molar-refractivity contribution in [1.29, 1.82) is 0 Å². The van der Waals surface area contributed by atoms with Crippen molar-refractivity contribution in [3.63, 3.8) is 0 Å². The van der Waals surface area contributed by atoms with Crippen LogP contribution in [0, 0.1) is 0 Å². The molecule has 0 atom stereocenters. The predicted octanol–water partition coefficient (Wildman–Crippen LogP) is 3.14. The van der Waals surface area contributed by atoms with Crippen molar-refractivity contribution in [2.45, 2.75) is 4.90 Å². The third-order valence-corrected chi connectivity index (χ3v) is 2.95. The second-order valence-electron chi connectivity index (χ2n) is 2.78. The largest absolute Gasteiger partial charge is 0.324 e. The molecule has 80 valence electrons. The second-order valence-corrected chi connectivity index (χ2v) is 4.11. The van der Waals surface area contributed by atoms with Gasteiger partial charge in [-0.1, -0.05) is 18.2 Å². The lowest BCUT2D eigenvalue weighted by Gasteiger charge is -2.08. The van der Waals surface area contributed by atoms with Gasteiger partial charge in [0.2, 0.25) is 5.91 Å². The van der Waals surface area contributed by atoms with Crippen molar-refractivity contribution in [2.24, 2.45) is 0 Å². The first-order valence-corrected chi connectivity index (χ1v) is 5.98. The molecule has 0 heterocycles. The van der Waals surface area contributed by atoms with E-state index in [0.717, 1.165) is 16.3 Å². The number of thioether (sulfide) groups is 1. The monoisotopic (exact) mass is 241 g/mol. The van der Waals surface area contributed by atoms with Gasteiger partial charge < -0.3 is 5.32 Å². The molecule has 0 aliphatic carbocycles. The van der Waals surface area contributed by atoms with Crippen molar-refractivity contribution in [3.8, 4) is 0 Å². The van der Waals surface area contributed by atoms with E-state index in [-0.39, 0.29) is 11.8 Å². The molecule has 4 heteroatoms. The molecule has 1 rings (SSSR count). The summed E-state index contributed by atoms with van der Waals surface area (Å²) in [5.41, 5.74) is 0.801. The molecule has 0 fully saturated rings. The van der Waals surface area contributed by atoms with Crippen LogP contribution in [-0.4, -0.2) is 17.5 Å². The van der Waals surface area contributed by atoms with Crippen molar-refractivity contribution < 1.29 is 4.79 Å². The van der Waals surface area contributed by atoms with Crippen molar-refractivity contribution in [1.82, 2.24) is 0 Å². The maximum atomic E-state index is 11.1. The van der Waals surface area contributed by atoms with Crippen LogP contribution in [-0.2, 0) is 4.79 Å². The van der Waals surface area contributed by atoms with Crippen LogP contribution < -0.4 is 5.32 Å². The quantitative estimate of drug-likeness (QED) is 0.488. The molecule has 1 aromatic rings. The molecular formula is C11H12ClNOS. The maximum Gasteiger partial charge on any atom is 0.239 e. The number of hydrogen-bond donors (Lipinski definition) is 1. The number of hydrogen-bond acceptors (Lipinski definition) is 2. The number of carbonyl (C=O) groups is 1. The summed E-state index contributed by atoms with van der Waals surface area (Å²) in [6.07, 6.45) is 1.82. The fourth-order valence-electron chi connectivity index (χ4n) is 1.03. The number of alkyl halides is 1. The van der Waals surface area contributed by atoms with Crippen LogP contribution in [0.15, 0.2) is 41.8 Å². The van der Waals surface area contributed by atoms with Crippen molar-refractivity contribution in [2.75, 3.05) is 16.9 Å². The summed E-state index contributed by atoms with van der Waals surface area (Å²) in [5, 5.41) is 2.74. The number of para-hydroxylation sites is 1. The third kappa shape index (κ3) is 3.98. The number of carbonyl (C=O) groups excluding carboxylic acids is 1. The first kappa shape index (κ1) is 12.1. The Kier molecular flexibility index (Phi) is 5.29. The van der Waals surface area contributed by atoms with Gasteiger partial charge in [-0.05, 0) is 12.1 Å². The minimum atomic E-state index is -0.191. The summed E-state index contributed by atoms with van der Waals surface area (Å²) in [7, 11) is 0. The Labute approximate surface area is 98.7 Å². The lowest BCUT2D eigenvalue weighted by atomic mass is 10.3. The van der Waals surface area contributed by atoms with Crippen molar-refractivity contribution >= 4 is 35.0 Å². The SMILES string of the molecule is C=CCSc1ccccc1NC(=O)CCl. The van der Waals surface area contributed by atoms with Crippen LogP contribution in [0.3, 0.4) is 0 Å². The molecule has 0 saturated heterocycles. The fourth-order valence-corrected chi connectivity index (χ4v) is 1.84. The summed E-state index contributed by atoms with van der Waals surface area (Å²) >= 11 is 7.05. The van der Waals surface area contributed by atoms with Gasteiger partial charge in [-0.2, -0.15) is 0 Å². The zero-order valence-corrected chi connectivity index (χ0v) is 9.77. The average Bonchev–Trinajstić information content (AvgIpc) is 2.28. The average molecular weight is 242 g/mol. The van der Waals surface area contributed by atoms with Gasteiger partial charge in [0.05, 0.1) is 5.69 Å². The highest BCUT2D eigenvalue weighted by Crippen LogP contribution is 2.26. The van der Waals surface area contributed by atoms with E-state index < -0.39 is 0 Å². The van der Waals surface area contributed by atoms with Gasteiger partial charge in [-0.15, -0.1) is 29.9 Å². The topological polar surface area (TPSA) is 29.1 Å². The molecule has 2 nitrogen and oxygen atoms in total. The second kappa shape index (κ2) is 6.53. The van der Waals surface area contributed by atoms with E-state index in [2.05, 4.69) is 11.9 Å². The zero-order chi connectivity index (χ0) is 11.1. The molecule has 1 amide bonds. The van der Waals surface area contributed by atoms with Gasteiger partial charge in [0, 0.05) is 10.6 Å². The van der Waals surface area contributed by atoms with Gasteiger partial charge in [-0.3, -0.25) is 4.79 Å². The zero-order valence-electron chi connectivity index (χ0n) is 8.20. The normalized spacial score (nSPS) is 9.67. The molecule has 0 aliphatic heterocycles. The van der Waals surface area contributed by atoms with E-state index in [1.165, 1.54) is 0 Å². The molecule has 1 aromatic carbocycles. The molecular weight excluding hydrogens is 230 g/mol. The summed E-state index contributed by atoms with van der Waals surface area (Å²) in [6, 6.07) is 7.62. The Balaban J connectivity index is 2.76. The van der Waals surface area contributed by atoms with E-state index in [9.17, 15) is 4.79 Å². The molecule has 0 saturated carbocycles. The minimum Gasteiger partial charge on any atom is -0.324 e. The molecule has 0 aliphatic rings. The Hall–Kier alpha value is -0.930. The van der Waals surface area contributed by atoms with Gasteiger partial charge >= 0.3 is 0 Å². The predicted molar refractivity (Wildman–Crippen MR) is 66.7 cm³/mol. The number of rotatable bonds is 5. The highest BCUT2D eigenvalue weighted by Gasteiger charge is 2.04. The summed E-state index contributed by atoms with van der Waals surface area (Å²) in [5.74, 6) is 0.595. The molecule has 15 heavy (non-hydrogen) atoms. The molecule has 0 unspecified atom stereocenters. The first-order chi connectivity index (χ1) is 7.27. The van der Waals surface area contributed by atoms with Crippen LogP contribution in [0.1, 0.15) is 0 Å². The van der Waals surface area contributed by atoms with E-state index in [1.807, 2.05) is 30.3 Å². The summed E-state index contributed by atoms with van der Waals surface area (Å²) < 4.78 is 0. The van der Waals surface area contributed by atoms with E-state index in [1.54, 1.807) is 11.8 Å². The van der Waals surface area contributed by atoms with Gasteiger partial charge in [0.25, 0.3) is 0 Å². The Morgan fingerprint density at radius 3 is 2.93 bits per heavy atom. The lowest BCUT2D eigenvalue weighted by molar-refractivity contribution is -0.113. The van der Waals surface area contributed by atoms with Crippen LogP contribution in [0.2, 0.25) is 0 Å². The number of amides is 1. The molecule has 0 radical (unpaired) electrons. The van der Waals surface area contributed by atoms with Gasteiger partial charge in [0.15, 0.2) is 0 Å². The number of nitrogens with one attached hydrogen (secondary N) is 1. The molecule has 0 bridgehead atoms. The summed E-state index contributed by atoms with van der Waals surface area (Å²) in [4.78, 5) is 12.2. The molecule has 1 N–H and O–H groups in total. The molecule has 0 aromatic heterocycles. The highest BCUT2D eigenvalue weighted by atomic mass is 35.5. The minimum absolute atomic E-state index is 0.0273. The van der Waals surface area contributed by atoms with Crippen molar-refractivity contribution in [3.05, 3.63) is 36.9 Å². The highest BCUT2D eigenvalue weighted by molar-refractivity contribution is 7.99. The standard InChI is InChI=1S/C11H12ClNOS/c1-2-7-15-10-6-4-3-5-9(10)13-11(14)8-12/h2-6H,1,7-8H2,(H,13,14). The van der Waals surface area contributed by atoms with Crippen LogP contribution in [0.25, 0.3) is 0 Å². The van der Waals surface area contributed by atoms with E-state index in [4.69, 9.17) is 11.6 Å². The summed E-state index contributed by atoms with van der Waals surface area (Å²) in [6.45, 7) is 3.65. The van der Waals surface area contributed by atoms with E-state index >= 15 is 0 Å². The Morgan fingerprint density at radius 1 is 1.53 bits per heavy atom. The smallest absolute Gasteiger partial charge is 0.239 e. The lowest BCUT2D eigenvalue weighted by Crippen LogP contribution is -2.13. The number of benzene rings is 1. The molecule has 0 spiro atoms. The van der Waals surface area contributed by atoms with E-state index in [0.29, 0.717) is 0 Å². The van der Waals surface area contributed by atoms with Crippen LogP contribution in [0.5, 0.6) is 0 Å². The van der Waals surface area contributed by atoms with Gasteiger partial charge in [0.1, 0.15) is 5.88 Å². The maximum absolute atomic E-state index is 11.1. The van der Waals surface area contributed by atoms with Gasteiger partial charge in [-0.25, -0.2) is 0 Å². The number of halogens is 1. The van der Waals surface area contributed by atoms with Crippen LogP contribution >= 0.6 is 23.4 Å². The fraction of sp³-hybridized carbons (Fsp3) is 0.182. The first-order valence-electron chi connectivity index (χ1n) is 4.46. The Morgan fingerprint density at radius 2 is 2.27 bits per heavy atom. The van der Waals surface area contributed by atoms with Crippen LogP contribution in [0.4, 0.5) is 5.69 Å².